The molecule has 2 aromatic rings. The number of H-pyrrole nitrogens is 1. The van der Waals surface area contributed by atoms with Gasteiger partial charge in [-0.15, -0.1) is 0 Å². The van der Waals surface area contributed by atoms with Crippen LogP contribution in [0.25, 0.3) is 11.0 Å². The van der Waals surface area contributed by atoms with E-state index in [0.29, 0.717) is 16.9 Å². The summed E-state index contributed by atoms with van der Waals surface area (Å²) < 4.78 is 0. The van der Waals surface area contributed by atoms with E-state index < -0.39 is 4.92 Å². The molecule has 1 aliphatic rings. The molecule has 1 saturated carbocycles. The SMILES string of the molecule is CC1(CNc2nc3ccc([N+](=O)[O-])cc3[nH]2)CCCCC1. The molecule has 6 nitrogen and oxygen atoms in total. The van der Waals surface area contributed by atoms with E-state index in [-0.39, 0.29) is 5.69 Å². The maximum atomic E-state index is 10.8. The van der Waals surface area contributed by atoms with E-state index in [1.807, 2.05) is 0 Å². The number of hydrogen-bond donors (Lipinski definition) is 2. The van der Waals surface area contributed by atoms with Crippen molar-refractivity contribution in [2.75, 3.05) is 11.9 Å². The van der Waals surface area contributed by atoms with E-state index in [2.05, 4.69) is 22.2 Å². The number of rotatable bonds is 4. The first-order chi connectivity index (χ1) is 10.1. The third-order valence-electron chi connectivity index (χ3n) is 4.42. The van der Waals surface area contributed by atoms with Gasteiger partial charge in [0.15, 0.2) is 0 Å². The molecule has 0 radical (unpaired) electrons. The molecule has 21 heavy (non-hydrogen) atoms. The molecule has 0 bridgehead atoms. The third-order valence-corrected chi connectivity index (χ3v) is 4.42. The van der Waals surface area contributed by atoms with Gasteiger partial charge in [0.25, 0.3) is 5.69 Å². The molecule has 1 heterocycles. The van der Waals surface area contributed by atoms with E-state index in [0.717, 1.165) is 12.1 Å². The van der Waals surface area contributed by atoms with Gasteiger partial charge >= 0.3 is 0 Å². The van der Waals surface area contributed by atoms with Crippen LogP contribution < -0.4 is 5.32 Å². The van der Waals surface area contributed by atoms with E-state index >= 15 is 0 Å². The number of non-ortho nitro benzene ring substituents is 1. The number of nitrogens with one attached hydrogen (secondary N) is 2. The van der Waals surface area contributed by atoms with Crippen molar-refractivity contribution < 1.29 is 4.92 Å². The molecule has 0 unspecified atom stereocenters. The molecule has 0 amide bonds. The van der Waals surface area contributed by atoms with Crippen molar-refractivity contribution in [1.29, 1.82) is 0 Å². The number of nitro benzene ring substituents is 1. The first-order valence-corrected chi connectivity index (χ1v) is 7.44. The number of aromatic nitrogens is 2. The van der Waals surface area contributed by atoms with Crippen molar-refractivity contribution in [1.82, 2.24) is 9.97 Å². The summed E-state index contributed by atoms with van der Waals surface area (Å²) in [6, 6.07) is 4.68. The minimum absolute atomic E-state index is 0.0805. The summed E-state index contributed by atoms with van der Waals surface area (Å²) in [5, 5.41) is 14.1. The lowest BCUT2D eigenvalue weighted by Crippen LogP contribution is -2.29. The Morgan fingerprint density at radius 3 is 2.86 bits per heavy atom. The van der Waals surface area contributed by atoms with Gasteiger partial charge in [-0.1, -0.05) is 26.2 Å². The third kappa shape index (κ3) is 2.99. The van der Waals surface area contributed by atoms with Gasteiger partial charge in [-0.3, -0.25) is 10.1 Å². The lowest BCUT2D eigenvalue weighted by atomic mass is 9.76. The van der Waals surface area contributed by atoms with Crippen LogP contribution in [0.1, 0.15) is 39.0 Å². The maximum Gasteiger partial charge on any atom is 0.271 e. The summed E-state index contributed by atoms with van der Waals surface area (Å²) in [5.74, 6) is 0.692. The molecule has 3 rings (SSSR count). The van der Waals surface area contributed by atoms with Crippen LogP contribution in [0.4, 0.5) is 11.6 Å². The highest BCUT2D eigenvalue weighted by Crippen LogP contribution is 2.35. The molecule has 1 fully saturated rings. The fourth-order valence-electron chi connectivity index (χ4n) is 3.07. The summed E-state index contributed by atoms with van der Waals surface area (Å²) in [6.07, 6.45) is 6.41. The van der Waals surface area contributed by atoms with E-state index in [9.17, 15) is 10.1 Å². The summed E-state index contributed by atoms with van der Waals surface area (Å²) >= 11 is 0. The highest BCUT2D eigenvalue weighted by molar-refractivity contribution is 5.79. The largest absolute Gasteiger partial charge is 0.355 e. The van der Waals surface area contributed by atoms with Crippen LogP contribution in [0.5, 0.6) is 0 Å². The van der Waals surface area contributed by atoms with Crippen molar-refractivity contribution in [3.63, 3.8) is 0 Å². The molecule has 0 spiro atoms. The standard InChI is InChI=1S/C15H20N4O2/c1-15(7-3-2-4-8-15)10-16-14-17-12-6-5-11(19(20)21)9-13(12)18-14/h5-6,9H,2-4,7-8,10H2,1H3,(H2,16,17,18). The summed E-state index contributed by atoms with van der Waals surface area (Å²) in [7, 11) is 0. The Balaban J connectivity index is 1.73. The van der Waals surface area contributed by atoms with Gasteiger partial charge in [0.2, 0.25) is 5.95 Å². The molecule has 0 atom stereocenters. The smallest absolute Gasteiger partial charge is 0.271 e. The molecule has 1 aromatic heterocycles. The van der Waals surface area contributed by atoms with Crippen LogP contribution in [0.2, 0.25) is 0 Å². The fraction of sp³-hybridized carbons (Fsp3) is 0.533. The van der Waals surface area contributed by atoms with Gasteiger partial charge in [-0.05, 0) is 24.3 Å². The van der Waals surface area contributed by atoms with Gasteiger partial charge in [0.1, 0.15) is 0 Å². The van der Waals surface area contributed by atoms with E-state index in [1.165, 1.54) is 44.2 Å². The monoisotopic (exact) mass is 288 g/mol. The zero-order valence-corrected chi connectivity index (χ0v) is 12.2. The van der Waals surface area contributed by atoms with Crippen LogP contribution in [-0.4, -0.2) is 21.4 Å². The predicted octanol–water partition coefficient (Wildman–Crippen LogP) is 3.85. The Morgan fingerprint density at radius 2 is 2.14 bits per heavy atom. The summed E-state index contributed by atoms with van der Waals surface area (Å²) in [5.41, 5.74) is 1.85. The van der Waals surface area contributed by atoms with Crippen molar-refractivity contribution in [2.45, 2.75) is 39.0 Å². The number of fused-ring (bicyclic) bond motifs is 1. The Hall–Kier alpha value is -2.11. The fourth-order valence-corrected chi connectivity index (χ4v) is 3.07. The Morgan fingerprint density at radius 1 is 1.38 bits per heavy atom. The number of nitrogens with zero attached hydrogens (tertiary/aromatic N) is 2. The van der Waals surface area contributed by atoms with Gasteiger partial charge < -0.3 is 10.3 Å². The number of benzene rings is 1. The van der Waals surface area contributed by atoms with Gasteiger partial charge in [-0.2, -0.15) is 0 Å². The van der Waals surface area contributed by atoms with Crippen molar-refractivity contribution in [3.05, 3.63) is 28.3 Å². The molecule has 2 N–H and O–H groups in total. The Bertz CT molecular complexity index is 659. The first-order valence-electron chi connectivity index (χ1n) is 7.44. The van der Waals surface area contributed by atoms with Crippen LogP contribution in [0, 0.1) is 15.5 Å². The molecule has 0 aliphatic heterocycles. The second-order valence-corrected chi connectivity index (χ2v) is 6.27. The first kappa shape index (κ1) is 13.9. The zero-order chi connectivity index (χ0) is 14.9. The average Bonchev–Trinajstić information content (AvgIpc) is 2.88. The Kier molecular flexibility index (Phi) is 3.53. The maximum absolute atomic E-state index is 10.8. The Labute approximate surface area is 123 Å². The zero-order valence-electron chi connectivity index (χ0n) is 12.2. The molecule has 1 aliphatic carbocycles. The second-order valence-electron chi connectivity index (χ2n) is 6.27. The molecule has 112 valence electrons. The van der Waals surface area contributed by atoms with Crippen LogP contribution >= 0.6 is 0 Å². The minimum atomic E-state index is -0.392. The lowest BCUT2D eigenvalue weighted by molar-refractivity contribution is -0.384. The van der Waals surface area contributed by atoms with Gasteiger partial charge in [-0.25, -0.2) is 4.98 Å². The van der Waals surface area contributed by atoms with E-state index in [4.69, 9.17) is 0 Å². The highest BCUT2D eigenvalue weighted by Gasteiger charge is 2.26. The van der Waals surface area contributed by atoms with Gasteiger partial charge in [0.05, 0.1) is 16.0 Å². The number of hydrogen-bond acceptors (Lipinski definition) is 4. The number of nitro groups is 1. The average molecular weight is 288 g/mol. The second kappa shape index (κ2) is 5.35. The van der Waals surface area contributed by atoms with Crippen molar-refractivity contribution >= 4 is 22.7 Å². The molecule has 0 saturated heterocycles. The number of anilines is 1. The number of imidazole rings is 1. The van der Waals surface area contributed by atoms with Gasteiger partial charge in [0, 0.05) is 18.7 Å². The predicted molar refractivity (Wildman–Crippen MR) is 82.4 cm³/mol. The molecular weight excluding hydrogens is 268 g/mol. The summed E-state index contributed by atoms with van der Waals surface area (Å²) in [6.45, 7) is 3.20. The van der Waals surface area contributed by atoms with Crippen molar-refractivity contribution in [3.8, 4) is 0 Å². The summed E-state index contributed by atoms with van der Waals surface area (Å²) in [4.78, 5) is 17.9. The van der Waals surface area contributed by atoms with Crippen LogP contribution in [0.3, 0.4) is 0 Å². The number of aromatic amines is 1. The topological polar surface area (TPSA) is 83.8 Å². The molecular formula is C15H20N4O2. The molecule has 6 heteroatoms. The quantitative estimate of drug-likeness (QED) is 0.661. The van der Waals surface area contributed by atoms with Crippen LogP contribution in [-0.2, 0) is 0 Å². The van der Waals surface area contributed by atoms with Crippen molar-refractivity contribution in [2.24, 2.45) is 5.41 Å². The normalized spacial score (nSPS) is 17.8. The highest BCUT2D eigenvalue weighted by atomic mass is 16.6. The van der Waals surface area contributed by atoms with Crippen LogP contribution in [0.15, 0.2) is 18.2 Å². The van der Waals surface area contributed by atoms with E-state index in [1.54, 1.807) is 6.07 Å². The lowest BCUT2D eigenvalue weighted by Gasteiger charge is -2.33. The minimum Gasteiger partial charge on any atom is -0.355 e. The molecule has 1 aromatic carbocycles.